The van der Waals surface area contributed by atoms with Crippen molar-refractivity contribution in [3.05, 3.63) is 192 Å². The molecule has 0 unspecified atom stereocenters. The maximum absolute atomic E-state index is 5.33. The summed E-state index contributed by atoms with van der Waals surface area (Å²) in [5.41, 5.74) is 12.3. The van der Waals surface area contributed by atoms with Gasteiger partial charge in [-0.15, -0.1) is 0 Å². The van der Waals surface area contributed by atoms with Crippen molar-refractivity contribution in [1.29, 1.82) is 0 Å². The van der Waals surface area contributed by atoms with Gasteiger partial charge in [0.1, 0.15) is 0 Å². The quantitative estimate of drug-likeness (QED) is 0.196. The summed E-state index contributed by atoms with van der Waals surface area (Å²) < 4.78 is 0. The molecule has 6 aromatic carbocycles. The number of para-hydroxylation sites is 1. The number of benzene rings is 6. The van der Waals surface area contributed by atoms with Crippen molar-refractivity contribution in [3.63, 3.8) is 0 Å². The first-order valence-electron chi connectivity index (χ1n) is 15.4. The molecule has 2 nitrogen and oxygen atoms in total. The van der Waals surface area contributed by atoms with Gasteiger partial charge in [0.15, 0.2) is 0 Å². The maximum atomic E-state index is 5.33. The van der Waals surface area contributed by atoms with Crippen LogP contribution in [0.4, 0.5) is 0 Å². The molecule has 0 saturated carbocycles. The molecular formula is C43H28N2. The zero-order chi connectivity index (χ0) is 29.8. The molecule has 8 aromatic rings. The molecule has 9 rings (SSSR count). The summed E-state index contributed by atoms with van der Waals surface area (Å²) in [6.07, 6.45) is 1.84. The van der Waals surface area contributed by atoms with Crippen LogP contribution in [0, 0.1) is 0 Å². The molecule has 210 valence electrons. The molecule has 1 aliphatic rings. The van der Waals surface area contributed by atoms with E-state index in [0.29, 0.717) is 0 Å². The standard InChI is InChI=1S/C43H28N2/c1-3-13-31(14-4-1)43(32-15-5-2-6-16-32)38-19-9-7-17-33(38)36-27-35-34-18-8-10-21-41(34)45-42(37(35)28-39(36)43)30-24-22-29(23-25-30)40-20-11-12-26-44-40/h1-28H. The predicted molar refractivity (Wildman–Crippen MR) is 185 cm³/mol. The molecule has 0 amide bonds. The maximum Gasteiger partial charge on any atom is 0.0788 e. The monoisotopic (exact) mass is 572 g/mol. The molecule has 0 spiro atoms. The summed E-state index contributed by atoms with van der Waals surface area (Å²) in [5.74, 6) is 0. The summed E-state index contributed by atoms with van der Waals surface area (Å²) in [6, 6.07) is 59.0. The van der Waals surface area contributed by atoms with Crippen LogP contribution in [0.5, 0.6) is 0 Å². The number of nitrogens with zero attached hydrogens (tertiary/aromatic N) is 2. The number of pyridine rings is 2. The Kier molecular flexibility index (Phi) is 5.76. The lowest BCUT2D eigenvalue weighted by Crippen LogP contribution is -2.28. The van der Waals surface area contributed by atoms with Crippen LogP contribution in [0.3, 0.4) is 0 Å². The SMILES string of the molecule is c1ccc(C2(c3ccccc3)c3ccccc3-c3cc4c(cc32)c(-c2ccc(-c3ccccn3)cc2)nc2ccccc24)cc1. The van der Waals surface area contributed by atoms with Gasteiger partial charge in [0.05, 0.1) is 22.3 Å². The first kappa shape index (κ1) is 25.6. The lowest BCUT2D eigenvalue weighted by molar-refractivity contribution is 0.769. The van der Waals surface area contributed by atoms with Crippen LogP contribution < -0.4 is 0 Å². The van der Waals surface area contributed by atoms with Gasteiger partial charge in [-0.1, -0.05) is 133 Å². The first-order chi connectivity index (χ1) is 22.3. The van der Waals surface area contributed by atoms with E-state index < -0.39 is 5.41 Å². The van der Waals surface area contributed by atoms with Gasteiger partial charge in [-0.3, -0.25) is 4.98 Å². The summed E-state index contributed by atoms with van der Waals surface area (Å²) in [5, 5.41) is 3.54. The largest absolute Gasteiger partial charge is 0.256 e. The Morgan fingerprint density at radius 2 is 1.07 bits per heavy atom. The Balaban J connectivity index is 1.38. The van der Waals surface area contributed by atoms with Gasteiger partial charge < -0.3 is 0 Å². The second-order valence-electron chi connectivity index (χ2n) is 11.7. The highest BCUT2D eigenvalue weighted by Gasteiger charge is 2.46. The van der Waals surface area contributed by atoms with Gasteiger partial charge in [-0.25, -0.2) is 4.98 Å². The Morgan fingerprint density at radius 1 is 0.422 bits per heavy atom. The third-order valence-electron chi connectivity index (χ3n) is 9.40. The molecule has 0 N–H and O–H groups in total. The molecule has 0 fully saturated rings. The summed E-state index contributed by atoms with van der Waals surface area (Å²) in [4.78, 5) is 9.89. The van der Waals surface area contributed by atoms with Crippen LogP contribution in [0.15, 0.2) is 170 Å². The minimum Gasteiger partial charge on any atom is -0.256 e. The van der Waals surface area contributed by atoms with Crippen LogP contribution >= 0.6 is 0 Å². The predicted octanol–water partition coefficient (Wildman–Crippen LogP) is 10.5. The van der Waals surface area contributed by atoms with Crippen molar-refractivity contribution in [2.24, 2.45) is 0 Å². The van der Waals surface area contributed by atoms with Crippen molar-refractivity contribution >= 4 is 21.7 Å². The number of rotatable bonds is 4. The van der Waals surface area contributed by atoms with E-state index >= 15 is 0 Å². The molecule has 2 aromatic heterocycles. The minimum absolute atomic E-state index is 0.464. The van der Waals surface area contributed by atoms with Gasteiger partial charge in [-0.2, -0.15) is 0 Å². The fraction of sp³-hybridized carbons (Fsp3) is 0.0233. The van der Waals surface area contributed by atoms with Crippen molar-refractivity contribution in [3.8, 4) is 33.6 Å². The molecule has 2 heteroatoms. The molecule has 45 heavy (non-hydrogen) atoms. The lowest BCUT2D eigenvalue weighted by Gasteiger charge is -2.34. The van der Waals surface area contributed by atoms with E-state index in [1.807, 2.05) is 24.4 Å². The first-order valence-corrected chi connectivity index (χ1v) is 15.4. The highest BCUT2D eigenvalue weighted by atomic mass is 14.7. The average molecular weight is 573 g/mol. The minimum atomic E-state index is -0.464. The normalized spacial score (nSPS) is 13.1. The average Bonchev–Trinajstić information content (AvgIpc) is 3.42. The molecule has 0 saturated heterocycles. The van der Waals surface area contributed by atoms with Crippen LogP contribution in [-0.2, 0) is 5.41 Å². The molecule has 1 aliphatic carbocycles. The van der Waals surface area contributed by atoms with Gasteiger partial charge in [0.25, 0.3) is 0 Å². The van der Waals surface area contributed by atoms with E-state index in [4.69, 9.17) is 4.98 Å². The van der Waals surface area contributed by atoms with Gasteiger partial charge in [-0.05, 0) is 69.1 Å². The Bertz CT molecular complexity index is 2300. The molecular weight excluding hydrogens is 544 g/mol. The van der Waals surface area contributed by atoms with Crippen LogP contribution in [0.1, 0.15) is 22.3 Å². The van der Waals surface area contributed by atoms with Gasteiger partial charge >= 0.3 is 0 Å². The third-order valence-corrected chi connectivity index (χ3v) is 9.40. The van der Waals surface area contributed by atoms with Crippen molar-refractivity contribution in [2.75, 3.05) is 0 Å². The molecule has 0 aliphatic heterocycles. The number of hydrogen-bond acceptors (Lipinski definition) is 2. The molecule has 0 radical (unpaired) electrons. The fourth-order valence-electron chi connectivity index (χ4n) is 7.44. The van der Waals surface area contributed by atoms with Gasteiger partial charge in [0.2, 0.25) is 0 Å². The second-order valence-corrected chi connectivity index (χ2v) is 11.7. The Hall–Kier alpha value is -5.86. The lowest BCUT2D eigenvalue weighted by atomic mass is 9.67. The third kappa shape index (κ3) is 3.82. The summed E-state index contributed by atoms with van der Waals surface area (Å²) in [6.45, 7) is 0. The number of fused-ring (bicyclic) bond motifs is 6. The van der Waals surface area contributed by atoms with E-state index in [2.05, 4.69) is 151 Å². The van der Waals surface area contributed by atoms with Crippen LogP contribution in [0.25, 0.3) is 55.3 Å². The summed E-state index contributed by atoms with van der Waals surface area (Å²) in [7, 11) is 0. The smallest absolute Gasteiger partial charge is 0.0788 e. The Morgan fingerprint density at radius 3 is 1.80 bits per heavy atom. The van der Waals surface area contributed by atoms with E-state index in [9.17, 15) is 0 Å². The fourth-order valence-corrected chi connectivity index (χ4v) is 7.44. The topological polar surface area (TPSA) is 25.8 Å². The van der Waals surface area contributed by atoms with Gasteiger partial charge in [0, 0.05) is 28.1 Å². The van der Waals surface area contributed by atoms with E-state index in [-0.39, 0.29) is 0 Å². The van der Waals surface area contributed by atoms with Crippen LogP contribution in [0.2, 0.25) is 0 Å². The highest BCUT2D eigenvalue weighted by Crippen LogP contribution is 2.57. The second kappa shape index (κ2) is 10.1. The zero-order valence-electron chi connectivity index (χ0n) is 24.6. The van der Waals surface area contributed by atoms with E-state index in [1.54, 1.807) is 0 Å². The number of hydrogen-bond donors (Lipinski definition) is 0. The number of aromatic nitrogens is 2. The highest BCUT2D eigenvalue weighted by molar-refractivity contribution is 6.13. The molecule has 2 heterocycles. The van der Waals surface area contributed by atoms with E-state index in [1.165, 1.54) is 44.2 Å². The molecule has 0 bridgehead atoms. The summed E-state index contributed by atoms with van der Waals surface area (Å²) >= 11 is 0. The van der Waals surface area contributed by atoms with Crippen LogP contribution in [-0.4, -0.2) is 9.97 Å². The Labute approximate surface area is 262 Å². The van der Waals surface area contributed by atoms with Crippen molar-refractivity contribution < 1.29 is 0 Å². The van der Waals surface area contributed by atoms with E-state index in [0.717, 1.165) is 33.4 Å². The zero-order valence-corrected chi connectivity index (χ0v) is 24.6. The van der Waals surface area contributed by atoms with Crippen molar-refractivity contribution in [1.82, 2.24) is 9.97 Å². The molecule has 0 atom stereocenters. The van der Waals surface area contributed by atoms with Crippen molar-refractivity contribution in [2.45, 2.75) is 5.41 Å².